The van der Waals surface area contributed by atoms with Crippen LogP contribution in [0.15, 0.2) is 41.7 Å². The number of nitrogens with zero attached hydrogens (tertiary/aromatic N) is 3. The summed E-state index contributed by atoms with van der Waals surface area (Å²) in [5, 5.41) is 1.23. The maximum absolute atomic E-state index is 12.5. The van der Waals surface area contributed by atoms with E-state index >= 15 is 0 Å². The minimum atomic E-state index is 0.0893. The van der Waals surface area contributed by atoms with Crippen LogP contribution < -0.4 is 4.90 Å². The van der Waals surface area contributed by atoms with Crippen LogP contribution in [0.4, 0.5) is 5.69 Å². The van der Waals surface area contributed by atoms with Crippen LogP contribution in [-0.2, 0) is 11.2 Å². The average molecular weight is 345 g/mol. The van der Waals surface area contributed by atoms with Crippen LogP contribution >= 0.6 is 23.4 Å². The Morgan fingerprint density at radius 1 is 1.39 bits per heavy atom. The predicted octanol–water partition coefficient (Wildman–Crippen LogP) is 3.29. The van der Waals surface area contributed by atoms with Crippen molar-refractivity contribution in [2.75, 3.05) is 17.2 Å². The Labute approximate surface area is 142 Å². The highest BCUT2D eigenvalue weighted by molar-refractivity contribution is 7.99. The van der Waals surface area contributed by atoms with Gasteiger partial charge in [0.15, 0.2) is 10.8 Å². The summed E-state index contributed by atoms with van der Waals surface area (Å²) >= 11 is 7.29. The summed E-state index contributed by atoms with van der Waals surface area (Å²) in [4.78, 5) is 26.0. The second kappa shape index (κ2) is 5.86. The fourth-order valence-electron chi connectivity index (χ4n) is 2.73. The predicted molar refractivity (Wildman–Crippen MR) is 92.1 cm³/mol. The normalized spacial score (nSPS) is 13.5. The molecular formula is C16H13ClN4OS. The van der Waals surface area contributed by atoms with Crippen LogP contribution in [0.5, 0.6) is 0 Å². The van der Waals surface area contributed by atoms with Gasteiger partial charge in [-0.25, -0.2) is 9.97 Å². The molecule has 23 heavy (non-hydrogen) atoms. The molecule has 3 heterocycles. The molecule has 0 saturated carbocycles. The van der Waals surface area contributed by atoms with E-state index in [1.54, 1.807) is 12.3 Å². The van der Waals surface area contributed by atoms with Crippen molar-refractivity contribution >= 4 is 46.1 Å². The molecule has 1 aliphatic rings. The summed E-state index contributed by atoms with van der Waals surface area (Å²) in [6, 6.07) is 9.82. The van der Waals surface area contributed by atoms with E-state index in [9.17, 15) is 4.79 Å². The number of carbonyl (C=O) groups excluding carboxylic acids is 1. The molecule has 2 aromatic heterocycles. The molecule has 1 N–H and O–H groups in total. The molecule has 1 aromatic carbocycles. The molecule has 0 saturated heterocycles. The number of amides is 1. The SMILES string of the molecule is O=C(CSc1nc2ncc(Cl)cc2[nH]1)N1CCc2ccccc21. The topological polar surface area (TPSA) is 61.9 Å². The van der Waals surface area contributed by atoms with Gasteiger partial charge in [0.2, 0.25) is 5.91 Å². The highest BCUT2D eigenvalue weighted by Crippen LogP contribution is 2.28. The highest BCUT2D eigenvalue weighted by atomic mass is 35.5. The standard InChI is InChI=1S/C16H13ClN4OS/c17-11-7-12-15(18-8-11)20-16(19-12)23-9-14(22)21-6-5-10-3-1-2-4-13(10)21/h1-4,7-8H,5-6,9H2,(H,18,19,20). The Balaban J connectivity index is 1.47. The van der Waals surface area contributed by atoms with Gasteiger partial charge in [0.05, 0.1) is 16.3 Å². The average Bonchev–Trinajstić information content (AvgIpc) is 3.15. The molecule has 1 amide bonds. The first kappa shape index (κ1) is 14.5. The lowest BCUT2D eigenvalue weighted by Gasteiger charge is -2.16. The van der Waals surface area contributed by atoms with Crippen molar-refractivity contribution in [1.82, 2.24) is 15.0 Å². The fraction of sp³-hybridized carbons (Fsp3) is 0.188. The number of nitrogens with one attached hydrogen (secondary N) is 1. The molecule has 116 valence electrons. The van der Waals surface area contributed by atoms with Gasteiger partial charge in [0.1, 0.15) is 0 Å². The first-order valence-electron chi connectivity index (χ1n) is 7.23. The lowest BCUT2D eigenvalue weighted by atomic mass is 10.2. The molecule has 0 atom stereocenters. The zero-order valence-electron chi connectivity index (χ0n) is 12.1. The third-order valence-corrected chi connectivity index (χ3v) is 4.87. The van der Waals surface area contributed by atoms with Crippen molar-refractivity contribution in [3.05, 3.63) is 47.1 Å². The monoisotopic (exact) mass is 344 g/mol. The number of hydrogen-bond donors (Lipinski definition) is 1. The molecule has 0 bridgehead atoms. The van der Waals surface area contributed by atoms with Crippen molar-refractivity contribution in [3.63, 3.8) is 0 Å². The summed E-state index contributed by atoms with van der Waals surface area (Å²) in [7, 11) is 0. The van der Waals surface area contributed by atoms with Crippen LogP contribution in [-0.4, -0.2) is 33.2 Å². The molecule has 3 aromatic rings. The largest absolute Gasteiger partial charge is 0.331 e. The Bertz CT molecular complexity index is 895. The number of H-pyrrole nitrogens is 1. The van der Waals surface area contributed by atoms with Crippen LogP contribution in [0.3, 0.4) is 0 Å². The van der Waals surface area contributed by atoms with Gasteiger partial charge < -0.3 is 9.88 Å². The maximum Gasteiger partial charge on any atom is 0.237 e. The fourth-order valence-corrected chi connectivity index (χ4v) is 3.63. The number of para-hydroxylation sites is 1. The molecule has 1 aliphatic heterocycles. The Morgan fingerprint density at radius 2 is 2.26 bits per heavy atom. The van der Waals surface area contributed by atoms with Crippen LogP contribution in [0.2, 0.25) is 5.02 Å². The number of benzene rings is 1. The number of carbonyl (C=O) groups is 1. The van der Waals surface area contributed by atoms with Crippen LogP contribution in [0.1, 0.15) is 5.56 Å². The third kappa shape index (κ3) is 2.80. The number of fused-ring (bicyclic) bond motifs is 2. The Morgan fingerprint density at radius 3 is 3.17 bits per heavy atom. The minimum absolute atomic E-state index is 0.0893. The van der Waals surface area contributed by atoms with Gasteiger partial charge in [-0.15, -0.1) is 0 Å². The minimum Gasteiger partial charge on any atom is -0.331 e. The summed E-state index contributed by atoms with van der Waals surface area (Å²) in [6.45, 7) is 0.746. The van der Waals surface area contributed by atoms with Gasteiger partial charge in [-0.2, -0.15) is 0 Å². The van der Waals surface area contributed by atoms with Crippen molar-refractivity contribution in [2.24, 2.45) is 0 Å². The van der Waals surface area contributed by atoms with Crippen molar-refractivity contribution < 1.29 is 4.79 Å². The second-order valence-electron chi connectivity index (χ2n) is 5.28. The lowest BCUT2D eigenvalue weighted by molar-refractivity contribution is -0.116. The first-order valence-corrected chi connectivity index (χ1v) is 8.59. The third-order valence-electron chi connectivity index (χ3n) is 3.80. The number of aromatic nitrogens is 3. The van der Waals surface area contributed by atoms with Crippen LogP contribution in [0.25, 0.3) is 11.2 Å². The molecule has 0 fully saturated rings. The lowest BCUT2D eigenvalue weighted by Crippen LogP contribution is -2.30. The van der Waals surface area contributed by atoms with E-state index < -0.39 is 0 Å². The zero-order valence-corrected chi connectivity index (χ0v) is 13.7. The summed E-state index contributed by atoms with van der Waals surface area (Å²) in [5.41, 5.74) is 3.64. The van der Waals surface area contributed by atoms with E-state index in [-0.39, 0.29) is 5.91 Å². The quantitative estimate of drug-likeness (QED) is 0.740. The van der Waals surface area contributed by atoms with Gasteiger partial charge >= 0.3 is 0 Å². The molecular weight excluding hydrogens is 332 g/mol. The molecule has 0 aliphatic carbocycles. The molecule has 4 rings (SSSR count). The molecule has 7 heteroatoms. The van der Waals surface area contributed by atoms with Crippen molar-refractivity contribution in [3.8, 4) is 0 Å². The number of aromatic amines is 1. The van der Waals surface area contributed by atoms with Crippen LogP contribution in [0, 0.1) is 0 Å². The molecule has 0 radical (unpaired) electrons. The number of rotatable bonds is 3. The van der Waals surface area contributed by atoms with E-state index in [4.69, 9.17) is 11.6 Å². The van der Waals surface area contributed by atoms with E-state index in [0.29, 0.717) is 21.6 Å². The number of imidazole rings is 1. The smallest absolute Gasteiger partial charge is 0.237 e. The summed E-state index contributed by atoms with van der Waals surface area (Å²) in [5.74, 6) is 0.424. The van der Waals surface area contributed by atoms with E-state index in [0.717, 1.165) is 24.2 Å². The van der Waals surface area contributed by atoms with E-state index in [1.165, 1.54) is 17.3 Å². The Kier molecular flexibility index (Phi) is 3.71. The summed E-state index contributed by atoms with van der Waals surface area (Å²) < 4.78 is 0. The Hall–Kier alpha value is -2.05. The zero-order chi connectivity index (χ0) is 15.8. The van der Waals surface area contributed by atoms with Gasteiger partial charge in [-0.3, -0.25) is 4.79 Å². The van der Waals surface area contributed by atoms with Gasteiger partial charge in [0, 0.05) is 18.4 Å². The maximum atomic E-state index is 12.5. The number of thioether (sulfide) groups is 1. The highest BCUT2D eigenvalue weighted by Gasteiger charge is 2.24. The first-order chi connectivity index (χ1) is 11.2. The second-order valence-corrected chi connectivity index (χ2v) is 6.68. The van der Waals surface area contributed by atoms with E-state index in [2.05, 4.69) is 21.0 Å². The van der Waals surface area contributed by atoms with Gasteiger partial charge in [-0.05, 0) is 24.1 Å². The molecule has 0 unspecified atom stereocenters. The van der Waals surface area contributed by atoms with Crippen molar-refractivity contribution in [2.45, 2.75) is 11.6 Å². The van der Waals surface area contributed by atoms with E-state index in [1.807, 2.05) is 23.1 Å². The number of pyridine rings is 1. The number of anilines is 1. The molecule has 5 nitrogen and oxygen atoms in total. The van der Waals surface area contributed by atoms with Gasteiger partial charge in [0.25, 0.3) is 0 Å². The van der Waals surface area contributed by atoms with Gasteiger partial charge in [-0.1, -0.05) is 41.6 Å². The number of hydrogen-bond acceptors (Lipinski definition) is 4. The van der Waals surface area contributed by atoms with Crippen molar-refractivity contribution in [1.29, 1.82) is 0 Å². The molecule has 0 spiro atoms. The summed E-state index contributed by atoms with van der Waals surface area (Å²) in [6.07, 6.45) is 2.48. The number of halogens is 1.